The maximum atomic E-state index is 13.4. The molecule has 24 heavy (non-hydrogen) atoms. The number of amides is 1. The van der Waals surface area contributed by atoms with Crippen molar-refractivity contribution in [3.05, 3.63) is 53.1 Å². The number of carbonyl (C=O) groups is 2. The van der Waals surface area contributed by atoms with E-state index in [-0.39, 0.29) is 5.56 Å². The third kappa shape index (κ3) is 4.28. The number of benzene rings is 1. The molecule has 0 saturated carbocycles. The zero-order chi connectivity index (χ0) is 17.7. The Kier molecular flexibility index (Phi) is 5.47. The van der Waals surface area contributed by atoms with E-state index in [0.29, 0.717) is 11.4 Å². The van der Waals surface area contributed by atoms with Crippen LogP contribution in [0.4, 0.5) is 10.1 Å². The molecule has 7 heteroatoms. The largest absolute Gasteiger partial charge is 0.452 e. The number of rotatable bonds is 5. The number of aromatic nitrogens is 2. The van der Waals surface area contributed by atoms with Gasteiger partial charge in [-0.1, -0.05) is 18.2 Å². The average molecular weight is 331 g/mol. The molecule has 2 aromatic rings. The zero-order valence-corrected chi connectivity index (χ0v) is 13.7. The molecule has 6 nitrogen and oxygen atoms in total. The van der Waals surface area contributed by atoms with Gasteiger partial charge in [-0.05, 0) is 26.0 Å². The number of hydrogen-bond donors (Lipinski definition) is 1. The first-order valence-corrected chi connectivity index (χ1v) is 7.28. The molecular weight excluding hydrogens is 313 g/mol. The Bertz CT molecular complexity index is 796. The normalized spacial score (nSPS) is 10.8. The lowest BCUT2D eigenvalue weighted by Gasteiger charge is -2.05. The molecule has 0 radical (unpaired) electrons. The van der Waals surface area contributed by atoms with Crippen molar-refractivity contribution in [3.63, 3.8) is 0 Å². The van der Waals surface area contributed by atoms with Gasteiger partial charge in [0.2, 0.25) is 0 Å². The molecule has 0 unspecified atom stereocenters. The molecule has 0 bridgehead atoms. The fourth-order valence-electron chi connectivity index (χ4n) is 2.08. The van der Waals surface area contributed by atoms with Crippen molar-refractivity contribution in [2.24, 2.45) is 7.05 Å². The summed E-state index contributed by atoms with van der Waals surface area (Å²) in [5.74, 6) is -1.64. The van der Waals surface area contributed by atoms with Gasteiger partial charge in [-0.3, -0.25) is 9.48 Å². The van der Waals surface area contributed by atoms with E-state index in [2.05, 4.69) is 10.4 Å². The van der Waals surface area contributed by atoms with Crippen LogP contribution in [-0.4, -0.2) is 28.3 Å². The van der Waals surface area contributed by atoms with Gasteiger partial charge in [0.15, 0.2) is 6.61 Å². The van der Waals surface area contributed by atoms with Crippen LogP contribution < -0.4 is 5.32 Å². The number of esters is 1. The summed E-state index contributed by atoms with van der Waals surface area (Å²) in [6.45, 7) is 3.15. The predicted molar refractivity (Wildman–Crippen MR) is 87.7 cm³/mol. The maximum absolute atomic E-state index is 13.4. The van der Waals surface area contributed by atoms with Gasteiger partial charge in [-0.25, -0.2) is 9.18 Å². The van der Waals surface area contributed by atoms with Crippen molar-refractivity contribution < 1.29 is 18.7 Å². The molecule has 2 rings (SSSR count). The quantitative estimate of drug-likeness (QED) is 0.674. The highest BCUT2D eigenvalue weighted by molar-refractivity contribution is 5.95. The molecule has 0 aliphatic heterocycles. The van der Waals surface area contributed by atoms with E-state index in [1.807, 2.05) is 6.92 Å². The highest BCUT2D eigenvalue weighted by atomic mass is 19.1. The monoisotopic (exact) mass is 331 g/mol. The molecule has 0 aliphatic rings. The van der Waals surface area contributed by atoms with E-state index in [0.717, 1.165) is 11.8 Å². The van der Waals surface area contributed by atoms with Gasteiger partial charge in [-0.15, -0.1) is 0 Å². The lowest BCUT2D eigenvalue weighted by atomic mass is 10.2. The SMILES string of the molecule is Cc1nn(C)c(C)c1NC(=O)COC(=O)/C=C/c1ccccc1F. The number of carbonyl (C=O) groups excluding carboxylic acids is 2. The van der Waals surface area contributed by atoms with Crippen LogP contribution in [0.2, 0.25) is 0 Å². The van der Waals surface area contributed by atoms with Crippen LogP contribution in [0.5, 0.6) is 0 Å². The summed E-state index contributed by atoms with van der Waals surface area (Å²) in [4.78, 5) is 23.4. The maximum Gasteiger partial charge on any atom is 0.331 e. The second-order valence-corrected chi connectivity index (χ2v) is 5.18. The first kappa shape index (κ1) is 17.4. The first-order valence-electron chi connectivity index (χ1n) is 7.28. The molecule has 1 aromatic carbocycles. The van der Waals surface area contributed by atoms with Crippen molar-refractivity contribution in [2.75, 3.05) is 11.9 Å². The van der Waals surface area contributed by atoms with E-state index in [1.165, 1.54) is 18.2 Å². The minimum Gasteiger partial charge on any atom is -0.452 e. The first-order chi connectivity index (χ1) is 11.4. The highest BCUT2D eigenvalue weighted by Gasteiger charge is 2.13. The van der Waals surface area contributed by atoms with Crippen molar-refractivity contribution in [1.29, 1.82) is 0 Å². The third-order valence-corrected chi connectivity index (χ3v) is 3.42. The molecule has 1 heterocycles. The average Bonchev–Trinajstić information content (AvgIpc) is 2.78. The fourth-order valence-corrected chi connectivity index (χ4v) is 2.08. The number of aryl methyl sites for hydroxylation is 2. The number of ether oxygens (including phenoxy) is 1. The van der Waals surface area contributed by atoms with Gasteiger partial charge in [-0.2, -0.15) is 5.10 Å². The van der Waals surface area contributed by atoms with Crippen molar-refractivity contribution >= 4 is 23.6 Å². The summed E-state index contributed by atoms with van der Waals surface area (Å²) in [6, 6.07) is 6.02. The summed E-state index contributed by atoms with van der Waals surface area (Å²) in [6.07, 6.45) is 2.37. The van der Waals surface area contributed by atoms with Gasteiger partial charge in [0.05, 0.1) is 17.1 Å². The smallest absolute Gasteiger partial charge is 0.331 e. The number of halogens is 1. The van der Waals surface area contributed by atoms with Gasteiger partial charge in [0.25, 0.3) is 5.91 Å². The predicted octanol–water partition coefficient (Wildman–Crippen LogP) is 2.37. The minimum atomic E-state index is -0.729. The Morgan fingerprint density at radius 1 is 1.33 bits per heavy atom. The van der Waals surface area contributed by atoms with Crippen LogP contribution in [0.1, 0.15) is 17.0 Å². The highest BCUT2D eigenvalue weighted by Crippen LogP contribution is 2.18. The molecule has 1 amide bonds. The second kappa shape index (κ2) is 7.54. The van der Waals surface area contributed by atoms with Gasteiger partial charge < -0.3 is 10.1 Å². The van der Waals surface area contributed by atoms with E-state index < -0.39 is 24.3 Å². The van der Waals surface area contributed by atoms with Crippen molar-refractivity contribution in [1.82, 2.24) is 9.78 Å². The number of hydrogen-bond acceptors (Lipinski definition) is 4. The van der Waals surface area contributed by atoms with Crippen LogP contribution in [0, 0.1) is 19.7 Å². The Hall–Kier alpha value is -2.96. The molecule has 0 fully saturated rings. The third-order valence-electron chi connectivity index (χ3n) is 3.42. The van der Waals surface area contributed by atoms with Crippen LogP contribution in [0.3, 0.4) is 0 Å². The molecule has 0 aliphatic carbocycles. The molecule has 1 N–H and O–H groups in total. The summed E-state index contributed by atoms with van der Waals surface area (Å²) < 4.78 is 19.9. The fraction of sp³-hybridized carbons (Fsp3) is 0.235. The lowest BCUT2D eigenvalue weighted by molar-refractivity contribution is -0.142. The molecule has 126 valence electrons. The Balaban J connectivity index is 1.87. The van der Waals surface area contributed by atoms with Crippen LogP contribution in [0.25, 0.3) is 6.08 Å². The van der Waals surface area contributed by atoms with Crippen LogP contribution in [-0.2, 0) is 21.4 Å². The van der Waals surface area contributed by atoms with Gasteiger partial charge >= 0.3 is 5.97 Å². The standard InChI is InChI=1S/C17H18FN3O3/c1-11-17(12(2)21(3)20-11)19-15(22)10-24-16(23)9-8-13-6-4-5-7-14(13)18/h4-9H,10H2,1-3H3,(H,19,22)/b9-8+. The number of anilines is 1. The Morgan fingerprint density at radius 3 is 2.67 bits per heavy atom. The van der Waals surface area contributed by atoms with Crippen molar-refractivity contribution in [3.8, 4) is 0 Å². The van der Waals surface area contributed by atoms with Gasteiger partial charge in [0.1, 0.15) is 5.82 Å². The van der Waals surface area contributed by atoms with E-state index in [1.54, 1.807) is 30.8 Å². The number of nitrogens with zero attached hydrogens (tertiary/aromatic N) is 2. The lowest BCUT2D eigenvalue weighted by Crippen LogP contribution is -2.20. The molecule has 0 spiro atoms. The van der Waals surface area contributed by atoms with E-state index >= 15 is 0 Å². The van der Waals surface area contributed by atoms with Crippen LogP contribution in [0.15, 0.2) is 30.3 Å². The van der Waals surface area contributed by atoms with Crippen LogP contribution >= 0.6 is 0 Å². The van der Waals surface area contributed by atoms with E-state index in [4.69, 9.17) is 4.74 Å². The van der Waals surface area contributed by atoms with Gasteiger partial charge in [0, 0.05) is 18.7 Å². The zero-order valence-electron chi connectivity index (χ0n) is 13.7. The molecule has 1 aromatic heterocycles. The summed E-state index contributed by atoms with van der Waals surface area (Å²) in [5.41, 5.74) is 2.33. The molecule has 0 saturated heterocycles. The van der Waals surface area contributed by atoms with E-state index in [9.17, 15) is 14.0 Å². The second-order valence-electron chi connectivity index (χ2n) is 5.18. The minimum absolute atomic E-state index is 0.264. The Labute approximate surface area is 138 Å². The molecular formula is C17H18FN3O3. The summed E-state index contributed by atoms with van der Waals surface area (Å²) in [5, 5.41) is 6.83. The summed E-state index contributed by atoms with van der Waals surface area (Å²) >= 11 is 0. The Morgan fingerprint density at radius 2 is 2.04 bits per heavy atom. The summed E-state index contributed by atoms with van der Waals surface area (Å²) in [7, 11) is 1.77. The topological polar surface area (TPSA) is 73.2 Å². The molecule has 0 atom stereocenters. The van der Waals surface area contributed by atoms with Crippen molar-refractivity contribution in [2.45, 2.75) is 13.8 Å². The number of nitrogens with one attached hydrogen (secondary N) is 1.